The van der Waals surface area contributed by atoms with Gasteiger partial charge in [-0.2, -0.15) is 0 Å². The van der Waals surface area contributed by atoms with Crippen molar-refractivity contribution in [3.8, 4) is 0 Å². The molecule has 0 unspecified atom stereocenters. The van der Waals surface area contributed by atoms with E-state index in [1.54, 1.807) is 20.8 Å². The monoisotopic (exact) mass is 675 g/mol. The van der Waals surface area contributed by atoms with E-state index in [9.17, 15) is 34.3 Å². The number of carbonyl (C=O) groups is 6. The quantitative estimate of drug-likeness (QED) is 0.0926. The molecule has 0 aromatic rings. The van der Waals surface area contributed by atoms with Crippen molar-refractivity contribution in [1.82, 2.24) is 0 Å². The topological polar surface area (TPSA) is 243 Å². The molecule has 19 heteroatoms. The Morgan fingerprint density at radius 3 is 1.49 bits per heavy atom. The van der Waals surface area contributed by atoms with Gasteiger partial charge in [-0.25, -0.2) is 0 Å². The van der Waals surface area contributed by atoms with Crippen LogP contribution in [0.25, 0.3) is 10.4 Å². The summed E-state index contributed by atoms with van der Waals surface area (Å²) in [5.41, 5.74) is 8.54. The third-order valence-electron chi connectivity index (χ3n) is 6.26. The Kier molecular flexibility index (Phi) is 14.3. The van der Waals surface area contributed by atoms with Gasteiger partial charge in [0.25, 0.3) is 0 Å². The fourth-order valence-electron chi connectivity index (χ4n) is 4.80. The van der Waals surface area contributed by atoms with Gasteiger partial charge >= 0.3 is 35.8 Å². The molecule has 0 N–H and O–H groups in total. The molecule has 0 aromatic heterocycles. The summed E-state index contributed by atoms with van der Waals surface area (Å²) in [4.78, 5) is 75.3. The Balaban J connectivity index is 2.73. The predicted octanol–water partition coefficient (Wildman–Crippen LogP) is 1.17. The van der Waals surface area contributed by atoms with Gasteiger partial charge in [-0.3, -0.25) is 28.8 Å². The highest BCUT2D eigenvalue weighted by atomic mass is 16.8. The van der Waals surface area contributed by atoms with E-state index in [2.05, 4.69) is 10.0 Å². The summed E-state index contributed by atoms with van der Waals surface area (Å²) in [5.74, 6) is -4.92. The molecule has 2 fully saturated rings. The fraction of sp³-hybridized carbons (Fsp3) is 0.786. The van der Waals surface area contributed by atoms with E-state index in [1.807, 2.05) is 0 Å². The molecule has 0 saturated carbocycles. The lowest BCUT2D eigenvalue weighted by atomic mass is 9.95. The molecule has 10 atom stereocenters. The molecule has 2 aliphatic heterocycles. The molecular weight excluding hydrogens is 634 g/mol. The summed E-state index contributed by atoms with van der Waals surface area (Å²) in [6, 6.07) is -1.40. The van der Waals surface area contributed by atoms with Crippen molar-refractivity contribution >= 4 is 35.8 Å². The lowest BCUT2D eigenvalue weighted by Gasteiger charge is -2.49. The average Bonchev–Trinajstić information content (AvgIpc) is 2.91. The molecule has 2 aliphatic rings. The van der Waals surface area contributed by atoms with Gasteiger partial charge in [0.2, 0.25) is 0 Å². The van der Waals surface area contributed by atoms with Crippen molar-refractivity contribution in [2.75, 3.05) is 13.2 Å². The third kappa shape index (κ3) is 12.3. The van der Waals surface area contributed by atoms with Gasteiger partial charge in [0.05, 0.1) is 5.60 Å². The summed E-state index contributed by atoms with van der Waals surface area (Å²) in [6.45, 7) is 10.5. The molecule has 19 nitrogen and oxygen atoms in total. The van der Waals surface area contributed by atoms with Crippen molar-refractivity contribution in [3.05, 3.63) is 10.4 Å². The van der Waals surface area contributed by atoms with E-state index in [0.29, 0.717) is 0 Å². The SMILES string of the molecule is CC(=O)OC[C@H]1O[C@@H](O[C@H]2[C@H](OC(C)=O)[C@@H](N=[N+]=[N-])[C@H](OC(C)(C)C)O[C@@H]2COC(C)=O)[C@H](OC(C)=O)[C@@H](OC(C)=O)[C@H]1OC(C)=O. The standard InChI is InChI=1S/C28H41N3O16/c1-12(32)38-10-18-21(23(41-15(4)35)20(30-31-29)26(44-18)47-28(7,8)9)46-27-25(43-17(6)37)24(42-16(5)36)22(40-14(3)34)19(45-27)11-39-13(2)33/h18-27H,10-11H2,1-9H3/t18-,19-,20-,21-,22+,23-,24+,25-,26+,27+/m1/s1. The van der Waals surface area contributed by atoms with Crippen molar-refractivity contribution in [2.24, 2.45) is 5.11 Å². The number of hydrogen-bond donors (Lipinski definition) is 0. The maximum Gasteiger partial charge on any atom is 0.303 e. The number of ether oxygens (including phenoxy) is 10. The van der Waals surface area contributed by atoms with E-state index in [1.165, 1.54) is 0 Å². The Bertz CT molecular complexity index is 1210. The molecule has 2 saturated heterocycles. The highest BCUT2D eigenvalue weighted by Crippen LogP contribution is 2.36. The van der Waals surface area contributed by atoms with E-state index in [0.717, 1.165) is 41.5 Å². The number of rotatable bonds is 12. The zero-order valence-electron chi connectivity index (χ0n) is 27.6. The van der Waals surface area contributed by atoms with Crippen LogP contribution in [0, 0.1) is 0 Å². The van der Waals surface area contributed by atoms with Crippen LogP contribution in [-0.4, -0.2) is 116 Å². The first kappa shape index (κ1) is 39.1. The molecule has 0 aliphatic carbocycles. The van der Waals surface area contributed by atoms with Gasteiger partial charge in [0, 0.05) is 46.5 Å². The number of esters is 6. The number of hydrogen-bond acceptors (Lipinski definition) is 17. The van der Waals surface area contributed by atoms with Crippen molar-refractivity contribution in [1.29, 1.82) is 0 Å². The van der Waals surface area contributed by atoms with E-state index >= 15 is 0 Å². The fourth-order valence-corrected chi connectivity index (χ4v) is 4.80. The highest BCUT2D eigenvalue weighted by molar-refractivity contribution is 5.69. The van der Waals surface area contributed by atoms with Gasteiger partial charge in [-0.15, -0.1) is 0 Å². The van der Waals surface area contributed by atoms with Crippen LogP contribution in [0.4, 0.5) is 0 Å². The van der Waals surface area contributed by atoms with E-state index < -0.39 is 116 Å². The van der Waals surface area contributed by atoms with Crippen LogP contribution in [0.15, 0.2) is 5.11 Å². The minimum Gasteiger partial charge on any atom is -0.463 e. The number of nitrogens with zero attached hydrogens (tertiary/aromatic N) is 3. The first-order valence-corrected chi connectivity index (χ1v) is 14.5. The van der Waals surface area contributed by atoms with Crippen LogP contribution in [0.1, 0.15) is 62.3 Å². The molecule has 264 valence electrons. The van der Waals surface area contributed by atoms with Crippen LogP contribution in [0.2, 0.25) is 0 Å². The molecule has 0 spiro atoms. The normalized spacial score (nSPS) is 30.5. The minimum atomic E-state index is -1.76. The molecule has 0 amide bonds. The lowest BCUT2D eigenvalue weighted by Crippen LogP contribution is -2.67. The molecule has 0 bridgehead atoms. The molecule has 0 aromatic carbocycles. The second-order valence-electron chi connectivity index (χ2n) is 11.5. The number of carbonyl (C=O) groups excluding carboxylic acids is 6. The van der Waals surface area contributed by atoms with Crippen LogP contribution in [-0.2, 0) is 76.1 Å². The van der Waals surface area contributed by atoms with Crippen LogP contribution in [0.3, 0.4) is 0 Å². The first-order chi connectivity index (χ1) is 21.8. The molecule has 0 radical (unpaired) electrons. The highest BCUT2D eigenvalue weighted by Gasteiger charge is 2.57. The zero-order chi connectivity index (χ0) is 35.6. The van der Waals surface area contributed by atoms with Gasteiger partial charge in [-0.05, 0) is 26.3 Å². The summed E-state index contributed by atoms with van der Waals surface area (Å²) < 4.78 is 56.4. The second-order valence-corrected chi connectivity index (χ2v) is 11.5. The van der Waals surface area contributed by atoms with Gasteiger partial charge < -0.3 is 47.4 Å². The van der Waals surface area contributed by atoms with Crippen molar-refractivity contribution < 1.29 is 76.1 Å². The Hall–Kier alpha value is -4.03. The van der Waals surface area contributed by atoms with E-state index in [-0.39, 0.29) is 0 Å². The average molecular weight is 676 g/mol. The van der Waals surface area contributed by atoms with Gasteiger partial charge in [0.1, 0.15) is 43.7 Å². The molecular formula is C28H41N3O16. The van der Waals surface area contributed by atoms with Crippen LogP contribution < -0.4 is 0 Å². The minimum absolute atomic E-state index is 0.504. The Morgan fingerprint density at radius 1 is 0.617 bits per heavy atom. The predicted molar refractivity (Wildman–Crippen MR) is 151 cm³/mol. The number of azide groups is 1. The van der Waals surface area contributed by atoms with Crippen molar-refractivity contribution in [3.63, 3.8) is 0 Å². The van der Waals surface area contributed by atoms with Gasteiger partial charge in [0.15, 0.2) is 30.9 Å². The summed E-state index contributed by atoms with van der Waals surface area (Å²) in [6.07, 6.45) is -13.6. The van der Waals surface area contributed by atoms with Crippen LogP contribution in [0.5, 0.6) is 0 Å². The zero-order valence-corrected chi connectivity index (χ0v) is 27.6. The smallest absolute Gasteiger partial charge is 0.303 e. The summed E-state index contributed by atoms with van der Waals surface area (Å²) in [7, 11) is 0. The van der Waals surface area contributed by atoms with Gasteiger partial charge in [-0.1, -0.05) is 5.11 Å². The van der Waals surface area contributed by atoms with Crippen molar-refractivity contribution in [2.45, 2.75) is 129 Å². The second kappa shape index (κ2) is 17.2. The summed E-state index contributed by atoms with van der Waals surface area (Å²) in [5, 5.41) is 3.74. The maximum absolute atomic E-state index is 12.4. The van der Waals surface area contributed by atoms with E-state index in [4.69, 9.17) is 47.4 Å². The molecule has 2 rings (SSSR count). The largest absolute Gasteiger partial charge is 0.463 e. The maximum atomic E-state index is 12.4. The molecule has 2 heterocycles. The first-order valence-electron chi connectivity index (χ1n) is 14.5. The Labute approximate surface area is 270 Å². The Morgan fingerprint density at radius 2 is 1.04 bits per heavy atom. The third-order valence-corrected chi connectivity index (χ3v) is 6.26. The van der Waals surface area contributed by atoms with Crippen LogP contribution >= 0.6 is 0 Å². The lowest BCUT2D eigenvalue weighted by molar-refractivity contribution is -0.353. The molecule has 47 heavy (non-hydrogen) atoms. The summed E-state index contributed by atoms with van der Waals surface area (Å²) >= 11 is 0.